The first-order valence-corrected chi connectivity index (χ1v) is 7.95. The molecule has 0 unspecified atom stereocenters. The molecule has 118 valence electrons. The summed E-state index contributed by atoms with van der Waals surface area (Å²) >= 11 is 1.36. The SMILES string of the molecule is O=C(Nc1cc(-n2cccn2)nc(-c2ccco2)n1)c1cccs1. The molecule has 0 aliphatic rings. The molecule has 8 heteroatoms. The molecule has 0 saturated carbocycles. The number of aromatic nitrogens is 4. The van der Waals surface area contributed by atoms with Crippen LogP contribution in [0.4, 0.5) is 5.82 Å². The van der Waals surface area contributed by atoms with E-state index in [9.17, 15) is 4.79 Å². The Morgan fingerprint density at radius 1 is 1.21 bits per heavy atom. The fraction of sp³-hybridized carbons (Fsp3) is 0. The highest BCUT2D eigenvalue weighted by atomic mass is 32.1. The predicted molar refractivity (Wildman–Crippen MR) is 89.1 cm³/mol. The van der Waals surface area contributed by atoms with E-state index < -0.39 is 0 Å². The van der Waals surface area contributed by atoms with E-state index in [1.165, 1.54) is 11.3 Å². The van der Waals surface area contributed by atoms with Crippen LogP contribution < -0.4 is 5.32 Å². The Kier molecular flexibility index (Phi) is 3.64. The molecule has 0 bridgehead atoms. The first-order chi connectivity index (χ1) is 11.8. The third kappa shape index (κ3) is 2.82. The Bertz CT molecular complexity index is 894. The Morgan fingerprint density at radius 3 is 2.88 bits per heavy atom. The third-order valence-electron chi connectivity index (χ3n) is 3.18. The fourth-order valence-corrected chi connectivity index (χ4v) is 2.74. The van der Waals surface area contributed by atoms with E-state index in [4.69, 9.17) is 4.42 Å². The van der Waals surface area contributed by atoms with Crippen molar-refractivity contribution in [3.63, 3.8) is 0 Å². The number of hydrogen-bond acceptors (Lipinski definition) is 6. The molecule has 4 aromatic rings. The number of carbonyl (C=O) groups is 1. The van der Waals surface area contributed by atoms with Gasteiger partial charge in [0, 0.05) is 18.5 Å². The Morgan fingerprint density at radius 2 is 2.17 bits per heavy atom. The number of furan rings is 1. The fourth-order valence-electron chi connectivity index (χ4n) is 2.12. The molecule has 1 N–H and O–H groups in total. The lowest BCUT2D eigenvalue weighted by atomic mass is 10.4. The largest absolute Gasteiger partial charge is 0.461 e. The maximum absolute atomic E-state index is 12.3. The molecule has 4 aromatic heterocycles. The minimum Gasteiger partial charge on any atom is -0.461 e. The lowest BCUT2D eigenvalue weighted by molar-refractivity contribution is 0.103. The van der Waals surface area contributed by atoms with E-state index in [0.29, 0.717) is 28.1 Å². The first-order valence-electron chi connectivity index (χ1n) is 7.07. The van der Waals surface area contributed by atoms with Gasteiger partial charge in [-0.1, -0.05) is 6.07 Å². The van der Waals surface area contributed by atoms with E-state index in [1.807, 2.05) is 11.4 Å². The average Bonchev–Trinajstić information content (AvgIpc) is 3.38. The second-order valence-electron chi connectivity index (χ2n) is 4.79. The van der Waals surface area contributed by atoms with Crippen LogP contribution in [-0.2, 0) is 0 Å². The third-order valence-corrected chi connectivity index (χ3v) is 4.05. The van der Waals surface area contributed by atoms with Gasteiger partial charge in [-0.3, -0.25) is 4.79 Å². The Labute approximate surface area is 140 Å². The van der Waals surface area contributed by atoms with Crippen molar-refractivity contribution in [3.05, 3.63) is 65.3 Å². The number of thiophene rings is 1. The first kappa shape index (κ1) is 14.3. The summed E-state index contributed by atoms with van der Waals surface area (Å²) < 4.78 is 6.95. The quantitative estimate of drug-likeness (QED) is 0.618. The van der Waals surface area contributed by atoms with Gasteiger partial charge in [0.1, 0.15) is 5.82 Å². The Hall–Kier alpha value is -3.26. The molecule has 0 saturated heterocycles. The van der Waals surface area contributed by atoms with Crippen LogP contribution in [0.3, 0.4) is 0 Å². The summed E-state index contributed by atoms with van der Waals surface area (Å²) in [5.74, 6) is 1.56. The summed E-state index contributed by atoms with van der Waals surface area (Å²) in [6.45, 7) is 0. The summed E-state index contributed by atoms with van der Waals surface area (Å²) in [5, 5.41) is 8.80. The minimum atomic E-state index is -0.222. The van der Waals surface area contributed by atoms with Gasteiger partial charge in [0.2, 0.25) is 0 Å². The molecule has 4 heterocycles. The number of rotatable bonds is 4. The number of nitrogens with one attached hydrogen (secondary N) is 1. The molecule has 4 rings (SSSR count). The van der Waals surface area contributed by atoms with Crippen LogP contribution >= 0.6 is 11.3 Å². The summed E-state index contributed by atoms with van der Waals surface area (Å²) in [6.07, 6.45) is 4.96. The summed E-state index contributed by atoms with van der Waals surface area (Å²) in [6, 6.07) is 10.5. The van der Waals surface area contributed by atoms with Gasteiger partial charge >= 0.3 is 0 Å². The average molecular weight is 337 g/mol. The van der Waals surface area contributed by atoms with Gasteiger partial charge in [0.05, 0.1) is 11.1 Å². The molecule has 0 aliphatic heterocycles. The van der Waals surface area contributed by atoms with Crippen molar-refractivity contribution in [3.8, 4) is 17.4 Å². The lowest BCUT2D eigenvalue weighted by Crippen LogP contribution is -2.13. The van der Waals surface area contributed by atoms with Gasteiger partial charge in [0.15, 0.2) is 17.4 Å². The highest BCUT2D eigenvalue weighted by molar-refractivity contribution is 7.12. The van der Waals surface area contributed by atoms with Crippen molar-refractivity contribution < 1.29 is 9.21 Å². The van der Waals surface area contributed by atoms with Crippen LogP contribution in [-0.4, -0.2) is 25.7 Å². The van der Waals surface area contributed by atoms with Crippen LogP contribution in [0.25, 0.3) is 17.4 Å². The summed E-state index contributed by atoms with van der Waals surface area (Å²) in [7, 11) is 0. The van der Waals surface area contributed by atoms with Gasteiger partial charge in [-0.05, 0) is 29.6 Å². The molecule has 1 amide bonds. The van der Waals surface area contributed by atoms with E-state index in [2.05, 4.69) is 20.4 Å². The monoisotopic (exact) mass is 337 g/mol. The van der Waals surface area contributed by atoms with Crippen LogP contribution in [0, 0.1) is 0 Å². The normalized spacial score (nSPS) is 10.7. The number of carbonyl (C=O) groups excluding carboxylic acids is 1. The molecular weight excluding hydrogens is 326 g/mol. The van der Waals surface area contributed by atoms with E-state index in [0.717, 1.165) is 0 Å². The van der Waals surface area contributed by atoms with Gasteiger partial charge in [-0.2, -0.15) is 5.10 Å². The van der Waals surface area contributed by atoms with Crippen molar-refractivity contribution in [2.45, 2.75) is 0 Å². The molecule has 0 aliphatic carbocycles. The molecule has 0 fully saturated rings. The van der Waals surface area contributed by atoms with E-state index in [-0.39, 0.29) is 5.91 Å². The minimum absolute atomic E-state index is 0.222. The molecule has 0 atom stereocenters. The van der Waals surface area contributed by atoms with Crippen molar-refractivity contribution in [2.24, 2.45) is 0 Å². The summed E-state index contributed by atoms with van der Waals surface area (Å²) in [4.78, 5) is 21.7. The second kappa shape index (κ2) is 6.09. The van der Waals surface area contributed by atoms with Gasteiger partial charge in [-0.15, -0.1) is 11.3 Å². The lowest BCUT2D eigenvalue weighted by Gasteiger charge is -2.08. The topological polar surface area (TPSA) is 85.8 Å². The number of anilines is 1. The summed E-state index contributed by atoms with van der Waals surface area (Å²) in [5.41, 5.74) is 0. The van der Waals surface area contributed by atoms with Crippen LogP contribution in [0.2, 0.25) is 0 Å². The van der Waals surface area contributed by atoms with E-state index in [1.54, 1.807) is 53.7 Å². The molecule has 0 radical (unpaired) electrons. The highest BCUT2D eigenvalue weighted by Crippen LogP contribution is 2.21. The van der Waals surface area contributed by atoms with Gasteiger partial charge in [-0.25, -0.2) is 14.6 Å². The van der Waals surface area contributed by atoms with Crippen LogP contribution in [0.5, 0.6) is 0 Å². The maximum Gasteiger partial charge on any atom is 0.266 e. The molecule has 7 nitrogen and oxygen atoms in total. The zero-order valence-corrected chi connectivity index (χ0v) is 13.1. The van der Waals surface area contributed by atoms with E-state index >= 15 is 0 Å². The van der Waals surface area contributed by atoms with Crippen molar-refractivity contribution in [1.82, 2.24) is 19.7 Å². The Balaban J connectivity index is 1.74. The highest BCUT2D eigenvalue weighted by Gasteiger charge is 2.13. The molecule has 24 heavy (non-hydrogen) atoms. The number of nitrogens with zero attached hydrogens (tertiary/aromatic N) is 4. The molecule has 0 spiro atoms. The number of amides is 1. The van der Waals surface area contributed by atoms with Crippen molar-refractivity contribution in [2.75, 3.05) is 5.32 Å². The molecular formula is C16H11N5O2S. The maximum atomic E-state index is 12.3. The van der Waals surface area contributed by atoms with Gasteiger partial charge in [0.25, 0.3) is 5.91 Å². The molecule has 0 aromatic carbocycles. The van der Waals surface area contributed by atoms with Gasteiger partial charge < -0.3 is 9.73 Å². The van der Waals surface area contributed by atoms with Crippen LogP contribution in [0.15, 0.2) is 64.9 Å². The smallest absolute Gasteiger partial charge is 0.266 e. The zero-order chi connectivity index (χ0) is 16.4. The van der Waals surface area contributed by atoms with Crippen molar-refractivity contribution in [1.29, 1.82) is 0 Å². The van der Waals surface area contributed by atoms with Crippen molar-refractivity contribution >= 4 is 23.1 Å². The standard InChI is InChI=1S/C16H11N5O2S/c22-16(12-5-2-9-24-12)19-13-10-14(21-7-3-6-17-21)20-15(18-13)11-4-1-8-23-11/h1-10H,(H,18,19,20,22). The predicted octanol–water partition coefficient (Wildman–Crippen LogP) is 3.24. The second-order valence-corrected chi connectivity index (χ2v) is 5.74. The zero-order valence-electron chi connectivity index (χ0n) is 12.3. The van der Waals surface area contributed by atoms with Crippen LogP contribution in [0.1, 0.15) is 9.67 Å². The number of hydrogen-bond donors (Lipinski definition) is 1.